The van der Waals surface area contributed by atoms with Crippen molar-refractivity contribution in [2.75, 3.05) is 6.61 Å². The van der Waals surface area contributed by atoms with Crippen molar-refractivity contribution < 1.29 is 9.53 Å². The van der Waals surface area contributed by atoms with Gasteiger partial charge in [0.1, 0.15) is 5.75 Å². The molecule has 0 atom stereocenters. The average molecular weight is 187 g/mol. The molecule has 0 aliphatic heterocycles. The second-order valence-electron chi connectivity index (χ2n) is 1.84. The molecule has 0 aliphatic rings. The van der Waals surface area contributed by atoms with Gasteiger partial charge in [0.25, 0.3) is 0 Å². The third-order valence-corrected chi connectivity index (χ3v) is 1.05. The van der Waals surface area contributed by atoms with Crippen LogP contribution in [0.25, 0.3) is 0 Å². The topological polar surface area (TPSA) is 26.3 Å². The molecule has 0 spiro atoms. The van der Waals surface area contributed by atoms with Gasteiger partial charge in [0, 0.05) is 0 Å². The Kier molecular flexibility index (Phi) is 7.39. The van der Waals surface area contributed by atoms with Crippen LogP contribution < -0.4 is 4.74 Å². The van der Waals surface area contributed by atoms with Crippen LogP contribution in [0.3, 0.4) is 0 Å². The van der Waals surface area contributed by atoms with Crippen molar-refractivity contribution in [2.24, 2.45) is 0 Å². The van der Waals surface area contributed by atoms with Crippen molar-refractivity contribution in [3.63, 3.8) is 0 Å². The second kappa shape index (κ2) is 8.08. The number of carbonyl (C=O) groups is 1. The van der Waals surface area contributed by atoms with E-state index in [9.17, 15) is 0 Å². The normalized spacial score (nSPS) is 7.83. The molecule has 0 heterocycles. The lowest BCUT2D eigenvalue weighted by atomic mass is 10.3. The fraction of sp³-hybridized carbons (Fsp3) is 0.222. The van der Waals surface area contributed by atoms with E-state index in [1.807, 2.05) is 37.3 Å². The third kappa shape index (κ3) is 5.74. The first-order chi connectivity index (χ1) is 5.85. The van der Waals surface area contributed by atoms with Crippen LogP contribution in [-0.4, -0.2) is 12.4 Å². The van der Waals surface area contributed by atoms with E-state index in [1.54, 1.807) is 0 Å². The number of halogens is 1. The molecule has 2 nitrogen and oxygen atoms in total. The molecule has 0 aromatic heterocycles. The Morgan fingerprint density at radius 2 is 1.92 bits per heavy atom. The maximum atomic E-state index is 8.57. The highest BCUT2D eigenvalue weighted by Crippen LogP contribution is 2.06. The quantitative estimate of drug-likeness (QED) is 0.524. The molecule has 0 amide bonds. The minimum Gasteiger partial charge on any atom is -0.494 e. The zero-order valence-electron chi connectivity index (χ0n) is 6.87. The Labute approximate surface area is 77.1 Å². The molecule has 0 saturated heterocycles. The van der Waals surface area contributed by atoms with Crippen LogP contribution in [0, 0.1) is 0 Å². The molecule has 0 radical (unpaired) electrons. The number of benzene rings is 1. The number of hydrogen-bond acceptors (Lipinski definition) is 2. The minimum atomic E-state index is 0.222. The van der Waals surface area contributed by atoms with Crippen LogP contribution >= 0.6 is 11.6 Å². The summed E-state index contributed by atoms with van der Waals surface area (Å²) < 4.78 is 5.21. The first kappa shape index (κ1) is 11.0. The van der Waals surface area contributed by atoms with Gasteiger partial charge in [-0.3, -0.25) is 4.79 Å². The van der Waals surface area contributed by atoms with Crippen LogP contribution in [0.15, 0.2) is 30.3 Å². The molecule has 0 fully saturated rings. The second-order valence-corrected chi connectivity index (χ2v) is 2.01. The van der Waals surface area contributed by atoms with Gasteiger partial charge in [-0.15, -0.1) is 0 Å². The highest BCUT2D eigenvalue weighted by molar-refractivity contribution is 6.54. The van der Waals surface area contributed by atoms with Crippen LogP contribution in [0.5, 0.6) is 5.75 Å². The molecule has 66 valence electrons. The SMILES string of the molecule is CCOc1ccccc1.O=CCl. The van der Waals surface area contributed by atoms with E-state index in [1.165, 1.54) is 0 Å². The number of para-hydroxylation sites is 1. The minimum absolute atomic E-state index is 0.222. The zero-order chi connectivity index (χ0) is 9.23. The maximum absolute atomic E-state index is 8.57. The molecule has 1 aromatic carbocycles. The zero-order valence-corrected chi connectivity index (χ0v) is 7.62. The van der Waals surface area contributed by atoms with E-state index in [2.05, 4.69) is 11.6 Å². The number of rotatable bonds is 2. The molecule has 0 N–H and O–H groups in total. The molecule has 0 bridgehead atoms. The van der Waals surface area contributed by atoms with Gasteiger partial charge < -0.3 is 4.74 Å². The fourth-order valence-electron chi connectivity index (χ4n) is 0.683. The van der Waals surface area contributed by atoms with Crippen LogP contribution in [0.1, 0.15) is 6.92 Å². The molecule has 12 heavy (non-hydrogen) atoms. The molecular formula is C9H11ClO2. The van der Waals surface area contributed by atoms with Crippen molar-refractivity contribution >= 4 is 17.3 Å². The Hall–Kier alpha value is -1.02. The van der Waals surface area contributed by atoms with Crippen molar-refractivity contribution in [3.8, 4) is 5.75 Å². The van der Waals surface area contributed by atoms with Crippen molar-refractivity contribution in [1.29, 1.82) is 0 Å². The van der Waals surface area contributed by atoms with E-state index in [0.29, 0.717) is 0 Å². The summed E-state index contributed by atoms with van der Waals surface area (Å²) in [5, 5.41) is 0. The lowest BCUT2D eigenvalue weighted by molar-refractivity contribution is 0.340. The van der Waals surface area contributed by atoms with Gasteiger partial charge in [0.05, 0.1) is 6.61 Å². The number of ether oxygens (including phenoxy) is 1. The van der Waals surface area contributed by atoms with Crippen molar-refractivity contribution in [2.45, 2.75) is 6.92 Å². The molecule has 3 heteroatoms. The molecule has 0 aliphatic carbocycles. The molecule has 0 unspecified atom stereocenters. The number of carbonyl (C=O) groups excluding carboxylic acids is 1. The summed E-state index contributed by atoms with van der Waals surface area (Å²) in [7, 11) is 0. The first-order valence-corrected chi connectivity index (χ1v) is 4.00. The molecule has 0 saturated carbocycles. The highest BCUT2D eigenvalue weighted by Gasteiger charge is 1.83. The summed E-state index contributed by atoms with van der Waals surface area (Å²) in [5.41, 5.74) is 0. The summed E-state index contributed by atoms with van der Waals surface area (Å²) >= 11 is 4.32. The highest BCUT2D eigenvalue weighted by atomic mass is 35.5. The van der Waals surface area contributed by atoms with Crippen molar-refractivity contribution in [1.82, 2.24) is 0 Å². The number of hydrogen-bond donors (Lipinski definition) is 0. The monoisotopic (exact) mass is 186 g/mol. The predicted molar refractivity (Wildman–Crippen MR) is 50.2 cm³/mol. The summed E-state index contributed by atoms with van der Waals surface area (Å²) in [4.78, 5) is 8.57. The van der Waals surface area contributed by atoms with Gasteiger partial charge in [-0.1, -0.05) is 18.2 Å². The molecular weight excluding hydrogens is 176 g/mol. The third-order valence-electron chi connectivity index (χ3n) is 1.05. The lowest BCUT2D eigenvalue weighted by Crippen LogP contribution is -1.89. The van der Waals surface area contributed by atoms with E-state index in [-0.39, 0.29) is 5.75 Å². The van der Waals surface area contributed by atoms with Crippen molar-refractivity contribution in [3.05, 3.63) is 30.3 Å². The summed E-state index contributed by atoms with van der Waals surface area (Å²) in [6, 6.07) is 9.80. The summed E-state index contributed by atoms with van der Waals surface area (Å²) in [6.45, 7) is 2.72. The largest absolute Gasteiger partial charge is 0.494 e. The molecule has 1 aromatic rings. The summed E-state index contributed by atoms with van der Waals surface area (Å²) in [5.74, 6) is 1.17. The van der Waals surface area contributed by atoms with Gasteiger partial charge in [-0.2, -0.15) is 0 Å². The Morgan fingerprint density at radius 3 is 2.33 bits per heavy atom. The molecule has 1 rings (SSSR count). The predicted octanol–water partition coefficient (Wildman–Crippen LogP) is 2.50. The van der Waals surface area contributed by atoms with E-state index in [0.717, 1.165) is 12.4 Å². The van der Waals surface area contributed by atoms with E-state index < -0.39 is 0 Å². The van der Waals surface area contributed by atoms with Crippen LogP contribution in [-0.2, 0) is 4.79 Å². The van der Waals surface area contributed by atoms with E-state index >= 15 is 0 Å². The van der Waals surface area contributed by atoms with Gasteiger partial charge in [-0.05, 0) is 30.7 Å². The Balaban J connectivity index is 0.000000354. The fourth-order valence-corrected chi connectivity index (χ4v) is 0.683. The maximum Gasteiger partial charge on any atom is 0.208 e. The van der Waals surface area contributed by atoms with Gasteiger partial charge in [0.2, 0.25) is 5.75 Å². The smallest absolute Gasteiger partial charge is 0.208 e. The Bertz CT molecular complexity index is 199. The summed E-state index contributed by atoms with van der Waals surface area (Å²) in [6.07, 6.45) is 0. The van der Waals surface area contributed by atoms with Gasteiger partial charge in [-0.25, -0.2) is 0 Å². The van der Waals surface area contributed by atoms with Crippen LogP contribution in [0.4, 0.5) is 0 Å². The van der Waals surface area contributed by atoms with Gasteiger partial charge in [0.15, 0.2) is 0 Å². The first-order valence-electron chi connectivity index (χ1n) is 3.56. The standard InChI is InChI=1S/C8H10O.CHClO/c1-2-9-8-6-4-3-5-7-8;2-1-3/h3-7H,2H2,1H3;1H. The van der Waals surface area contributed by atoms with Crippen LogP contribution in [0.2, 0.25) is 0 Å². The van der Waals surface area contributed by atoms with E-state index in [4.69, 9.17) is 9.53 Å². The lowest BCUT2D eigenvalue weighted by Gasteiger charge is -1.99. The van der Waals surface area contributed by atoms with Gasteiger partial charge >= 0.3 is 0 Å². The average Bonchev–Trinajstić information content (AvgIpc) is 2.08. The Morgan fingerprint density at radius 1 is 1.42 bits per heavy atom.